The van der Waals surface area contributed by atoms with E-state index in [4.69, 9.17) is 16.3 Å². The van der Waals surface area contributed by atoms with E-state index in [-0.39, 0.29) is 0 Å². The van der Waals surface area contributed by atoms with Crippen molar-refractivity contribution >= 4 is 28.7 Å². The minimum absolute atomic E-state index is 0.445. The number of rotatable bonds is 5. The fourth-order valence-electron chi connectivity index (χ4n) is 2.74. The van der Waals surface area contributed by atoms with Crippen LogP contribution >= 0.6 is 11.6 Å². The maximum Gasteiger partial charge on any atom is 0.120 e. The second kappa shape index (κ2) is 7.93. The normalized spacial score (nSPS) is 11.3. The second-order valence-corrected chi connectivity index (χ2v) is 6.22. The number of nitrogens with zero attached hydrogens (tertiary/aromatic N) is 1. The van der Waals surface area contributed by atoms with Gasteiger partial charge >= 0.3 is 0 Å². The van der Waals surface area contributed by atoms with E-state index < -0.39 is 0 Å². The number of ether oxygens (including phenoxy) is 1. The molecule has 0 heterocycles. The summed E-state index contributed by atoms with van der Waals surface area (Å²) in [5.74, 6) is 0.770. The van der Waals surface area contributed by atoms with Crippen LogP contribution in [0.3, 0.4) is 0 Å². The number of aryl methyl sites for hydroxylation is 1. The van der Waals surface area contributed by atoms with Gasteiger partial charge in [-0.05, 0) is 42.8 Å². The molecule has 132 valence electrons. The predicted molar refractivity (Wildman–Crippen MR) is 106 cm³/mol. The van der Waals surface area contributed by atoms with Crippen LogP contribution in [0.4, 0.5) is 11.4 Å². The molecule has 0 aliphatic carbocycles. The Bertz CT molecular complexity index is 954. The Morgan fingerprint density at radius 3 is 2.42 bits per heavy atom. The summed E-state index contributed by atoms with van der Waals surface area (Å²) in [6.07, 6.45) is 0. The SMILES string of the molecule is COc1cccc(Nc2ccc(/C(=N\O)c3ccccc3C)c(Cl)c2)c1. The molecule has 4 nitrogen and oxygen atoms in total. The minimum atomic E-state index is 0.445. The Labute approximate surface area is 157 Å². The molecular formula is C21H19ClN2O2. The summed E-state index contributed by atoms with van der Waals surface area (Å²) in [6, 6.07) is 20.9. The van der Waals surface area contributed by atoms with Crippen LogP contribution in [-0.2, 0) is 0 Å². The van der Waals surface area contributed by atoms with Crippen molar-refractivity contribution in [2.24, 2.45) is 5.16 Å². The predicted octanol–water partition coefficient (Wildman–Crippen LogP) is 5.63. The highest BCUT2D eigenvalue weighted by Crippen LogP contribution is 2.28. The quantitative estimate of drug-likeness (QED) is 0.349. The fraction of sp³-hybridized carbons (Fsp3) is 0.0952. The van der Waals surface area contributed by atoms with E-state index in [9.17, 15) is 5.21 Å². The van der Waals surface area contributed by atoms with E-state index in [0.717, 1.165) is 28.3 Å². The van der Waals surface area contributed by atoms with Crippen LogP contribution in [0.25, 0.3) is 0 Å². The Hall–Kier alpha value is -2.98. The zero-order valence-corrected chi connectivity index (χ0v) is 15.3. The lowest BCUT2D eigenvalue weighted by Gasteiger charge is -2.12. The highest BCUT2D eigenvalue weighted by atomic mass is 35.5. The third kappa shape index (κ3) is 3.81. The number of nitrogens with one attached hydrogen (secondary N) is 1. The van der Waals surface area contributed by atoms with Crippen LogP contribution in [-0.4, -0.2) is 18.0 Å². The summed E-state index contributed by atoms with van der Waals surface area (Å²) >= 11 is 6.47. The topological polar surface area (TPSA) is 53.8 Å². The van der Waals surface area contributed by atoms with Gasteiger partial charge in [0.1, 0.15) is 11.5 Å². The second-order valence-electron chi connectivity index (χ2n) is 5.82. The molecule has 0 saturated heterocycles. The van der Waals surface area contributed by atoms with E-state index >= 15 is 0 Å². The molecule has 0 unspecified atom stereocenters. The molecule has 26 heavy (non-hydrogen) atoms. The summed E-state index contributed by atoms with van der Waals surface area (Å²) in [4.78, 5) is 0. The van der Waals surface area contributed by atoms with Crippen molar-refractivity contribution < 1.29 is 9.94 Å². The number of halogens is 1. The molecule has 0 fully saturated rings. The molecular weight excluding hydrogens is 348 g/mol. The Morgan fingerprint density at radius 2 is 1.73 bits per heavy atom. The van der Waals surface area contributed by atoms with Gasteiger partial charge in [-0.2, -0.15) is 0 Å². The zero-order valence-electron chi connectivity index (χ0n) is 14.5. The lowest BCUT2D eigenvalue weighted by molar-refractivity contribution is 0.319. The molecule has 0 aliphatic rings. The summed E-state index contributed by atoms with van der Waals surface area (Å²) in [6.45, 7) is 1.97. The summed E-state index contributed by atoms with van der Waals surface area (Å²) in [7, 11) is 1.63. The van der Waals surface area contributed by atoms with Crippen LogP contribution in [0.5, 0.6) is 5.75 Å². The van der Waals surface area contributed by atoms with Gasteiger partial charge in [0.2, 0.25) is 0 Å². The number of methoxy groups -OCH3 is 1. The molecule has 0 amide bonds. The molecule has 0 spiro atoms. The molecule has 0 aliphatic heterocycles. The molecule has 0 radical (unpaired) electrons. The number of oxime groups is 1. The van der Waals surface area contributed by atoms with Crippen molar-refractivity contribution in [3.8, 4) is 5.75 Å². The monoisotopic (exact) mass is 366 g/mol. The average Bonchev–Trinajstić information content (AvgIpc) is 2.65. The first-order valence-electron chi connectivity index (χ1n) is 8.11. The van der Waals surface area contributed by atoms with Crippen molar-refractivity contribution in [2.75, 3.05) is 12.4 Å². The first-order chi connectivity index (χ1) is 12.6. The Kier molecular flexibility index (Phi) is 5.44. The van der Waals surface area contributed by atoms with E-state index in [0.29, 0.717) is 16.3 Å². The van der Waals surface area contributed by atoms with E-state index in [1.165, 1.54) is 0 Å². The van der Waals surface area contributed by atoms with Gasteiger partial charge < -0.3 is 15.3 Å². The first-order valence-corrected chi connectivity index (χ1v) is 8.49. The van der Waals surface area contributed by atoms with Crippen LogP contribution < -0.4 is 10.1 Å². The highest BCUT2D eigenvalue weighted by molar-refractivity contribution is 6.35. The zero-order chi connectivity index (χ0) is 18.5. The summed E-state index contributed by atoms with van der Waals surface area (Å²) in [5, 5.41) is 16.8. The first kappa shape index (κ1) is 17.8. The molecule has 3 aromatic carbocycles. The summed E-state index contributed by atoms with van der Waals surface area (Å²) in [5.41, 5.74) is 4.68. The van der Waals surface area contributed by atoms with Crippen molar-refractivity contribution in [3.05, 3.63) is 88.4 Å². The minimum Gasteiger partial charge on any atom is -0.497 e. The maximum atomic E-state index is 9.54. The van der Waals surface area contributed by atoms with E-state index in [2.05, 4.69) is 10.5 Å². The molecule has 0 bridgehead atoms. The van der Waals surface area contributed by atoms with Gasteiger partial charge in [0.15, 0.2) is 0 Å². The van der Waals surface area contributed by atoms with Crippen LogP contribution in [0, 0.1) is 6.92 Å². The largest absolute Gasteiger partial charge is 0.497 e. The molecule has 3 rings (SSSR count). The third-order valence-corrected chi connectivity index (χ3v) is 4.40. The van der Waals surface area contributed by atoms with Crippen molar-refractivity contribution in [2.45, 2.75) is 6.92 Å². The lowest BCUT2D eigenvalue weighted by Crippen LogP contribution is -2.06. The highest BCUT2D eigenvalue weighted by Gasteiger charge is 2.14. The molecule has 0 aromatic heterocycles. The molecule has 2 N–H and O–H groups in total. The molecule has 0 saturated carbocycles. The smallest absolute Gasteiger partial charge is 0.120 e. The Balaban J connectivity index is 1.91. The van der Waals surface area contributed by atoms with E-state index in [1.807, 2.05) is 67.6 Å². The van der Waals surface area contributed by atoms with Gasteiger partial charge in [0, 0.05) is 28.6 Å². The van der Waals surface area contributed by atoms with Crippen molar-refractivity contribution in [1.82, 2.24) is 0 Å². The van der Waals surface area contributed by atoms with Gasteiger partial charge in [-0.25, -0.2) is 0 Å². The van der Waals surface area contributed by atoms with Crippen molar-refractivity contribution in [3.63, 3.8) is 0 Å². The third-order valence-electron chi connectivity index (χ3n) is 4.08. The number of anilines is 2. The number of hydrogen-bond donors (Lipinski definition) is 2. The van der Waals surface area contributed by atoms with Crippen molar-refractivity contribution in [1.29, 1.82) is 0 Å². The van der Waals surface area contributed by atoms with Crippen LogP contribution in [0.1, 0.15) is 16.7 Å². The number of hydrogen-bond acceptors (Lipinski definition) is 4. The maximum absolute atomic E-state index is 9.54. The van der Waals surface area contributed by atoms with Gasteiger partial charge in [-0.1, -0.05) is 47.1 Å². The lowest BCUT2D eigenvalue weighted by atomic mass is 9.98. The van der Waals surface area contributed by atoms with Crippen LogP contribution in [0.15, 0.2) is 71.9 Å². The van der Waals surface area contributed by atoms with Gasteiger partial charge in [-0.15, -0.1) is 0 Å². The van der Waals surface area contributed by atoms with Gasteiger partial charge in [-0.3, -0.25) is 0 Å². The summed E-state index contributed by atoms with van der Waals surface area (Å²) < 4.78 is 5.23. The molecule has 0 atom stereocenters. The van der Waals surface area contributed by atoms with E-state index in [1.54, 1.807) is 13.2 Å². The van der Waals surface area contributed by atoms with Crippen LogP contribution in [0.2, 0.25) is 5.02 Å². The standard InChI is InChI=1S/C21H19ClN2O2/c1-14-6-3-4-9-18(14)21(24-25)19-11-10-16(13-20(19)22)23-15-7-5-8-17(12-15)26-2/h3-13,23,25H,1-2H3/b24-21-. The number of benzene rings is 3. The fourth-order valence-corrected chi connectivity index (χ4v) is 3.01. The van der Waals surface area contributed by atoms with Gasteiger partial charge in [0.25, 0.3) is 0 Å². The Morgan fingerprint density at radius 1 is 0.962 bits per heavy atom. The average molecular weight is 367 g/mol. The molecule has 5 heteroatoms. The molecule has 3 aromatic rings. The van der Waals surface area contributed by atoms with Gasteiger partial charge in [0.05, 0.1) is 12.1 Å².